The zero-order chi connectivity index (χ0) is 15.4. The highest BCUT2D eigenvalue weighted by Crippen LogP contribution is 2.33. The minimum absolute atomic E-state index is 0.0296. The molecule has 0 saturated heterocycles. The molecule has 0 fully saturated rings. The molecule has 0 spiro atoms. The summed E-state index contributed by atoms with van der Waals surface area (Å²) in [6.07, 6.45) is 5.05. The number of carbonyl (C=O) groups is 1. The van der Waals surface area contributed by atoms with E-state index in [1.165, 1.54) is 17.5 Å². The number of carbonyl (C=O) groups excluding carboxylic acids is 1. The van der Waals surface area contributed by atoms with Gasteiger partial charge in [-0.1, -0.05) is 24.3 Å². The standard InChI is InChI=1S/C18H22N2O2/c1-20(13-18(21)19-12-15-8-5-11-22-15)17-10-4-7-14-6-2-3-9-16(14)17/h2-3,5-6,8-9,11,17H,4,7,10,12-13H2,1H3,(H,19,21)/t17-/m0/s1. The molecule has 1 aromatic heterocycles. The summed E-state index contributed by atoms with van der Waals surface area (Å²) in [7, 11) is 2.03. The summed E-state index contributed by atoms with van der Waals surface area (Å²) in [5.74, 6) is 0.806. The first-order valence-electron chi connectivity index (χ1n) is 7.81. The Kier molecular flexibility index (Phi) is 4.59. The van der Waals surface area contributed by atoms with Gasteiger partial charge in [-0.3, -0.25) is 9.69 Å². The molecule has 1 atom stereocenters. The van der Waals surface area contributed by atoms with E-state index in [2.05, 4.69) is 34.5 Å². The minimum atomic E-state index is 0.0296. The number of aryl methyl sites for hydroxylation is 1. The Morgan fingerprint density at radius 3 is 3.00 bits per heavy atom. The minimum Gasteiger partial charge on any atom is -0.467 e. The van der Waals surface area contributed by atoms with Gasteiger partial charge >= 0.3 is 0 Å². The van der Waals surface area contributed by atoms with E-state index in [9.17, 15) is 4.79 Å². The molecule has 2 aromatic rings. The summed E-state index contributed by atoms with van der Waals surface area (Å²) in [6.45, 7) is 0.848. The van der Waals surface area contributed by atoms with Crippen LogP contribution in [0, 0.1) is 0 Å². The number of likely N-dealkylation sites (N-methyl/N-ethyl adjacent to an activating group) is 1. The van der Waals surface area contributed by atoms with Gasteiger partial charge < -0.3 is 9.73 Å². The predicted octanol–water partition coefficient (Wildman–Crippen LogP) is 2.91. The van der Waals surface area contributed by atoms with Gasteiger partial charge in [-0.15, -0.1) is 0 Å². The first-order valence-corrected chi connectivity index (χ1v) is 7.81. The van der Waals surface area contributed by atoms with Crippen molar-refractivity contribution in [1.29, 1.82) is 0 Å². The van der Waals surface area contributed by atoms with Crippen molar-refractivity contribution in [3.8, 4) is 0 Å². The molecule has 22 heavy (non-hydrogen) atoms. The Labute approximate surface area is 131 Å². The number of rotatable bonds is 5. The molecule has 4 heteroatoms. The number of nitrogens with zero attached hydrogens (tertiary/aromatic N) is 1. The quantitative estimate of drug-likeness (QED) is 0.923. The largest absolute Gasteiger partial charge is 0.467 e. The zero-order valence-electron chi connectivity index (χ0n) is 12.9. The highest BCUT2D eigenvalue weighted by atomic mass is 16.3. The van der Waals surface area contributed by atoms with Gasteiger partial charge in [-0.25, -0.2) is 0 Å². The van der Waals surface area contributed by atoms with Gasteiger partial charge in [-0.2, -0.15) is 0 Å². The van der Waals surface area contributed by atoms with Crippen LogP contribution in [0.1, 0.15) is 35.8 Å². The molecular formula is C18H22N2O2. The van der Waals surface area contributed by atoms with E-state index in [1.807, 2.05) is 19.2 Å². The van der Waals surface area contributed by atoms with Crippen LogP contribution in [0.25, 0.3) is 0 Å². The lowest BCUT2D eigenvalue weighted by Gasteiger charge is -2.32. The summed E-state index contributed by atoms with van der Waals surface area (Å²) in [6, 6.07) is 12.6. The van der Waals surface area contributed by atoms with Crippen molar-refractivity contribution in [2.75, 3.05) is 13.6 Å². The van der Waals surface area contributed by atoms with E-state index >= 15 is 0 Å². The third-order valence-corrected chi connectivity index (χ3v) is 4.30. The normalized spacial score (nSPS) is 17.3. The van der Waals surface area contributed by atoms with Crippen LogP contribution in [0.2, 0.25) is 0 Å². The van der Waals surface area contributed by atoms with Crippen molar-refractivity contribution >= 4 is 5.91 Å². The lowest BCUT2D eigenvalue weighted by atomic mass is 9.87. The molecule has 116 valence electrons. The Bertz CT molecular complexity index is 622. The SMILES string of the molecule is CN(CC(=O)NCc1ccco1)[C@H]1CCCc2ccccc21. The molecule has 4 nitrogen and oxygen atoms in total. The van der Waals surface area contributed by atoms with Crippen LogP contribution in [0.3, 0.4) is 0 Å². The Morgan fingerprint density at radius 2 is 2.18 bits per heavy atom. The summed E-state index contributed by atoms with van der Waals surface area (Å²) in [5.41, 5.74) is 2.79. The molecule has 0 bridgehead atoms. The first-order chi connectivity index (χ1) is 10.7. The highest BCUT2D eigenvalue weighted by molar-refractivity contribution is 5.78. The molecular weight excluding hydrogens is 276 g/mol. The fourth-order valence-corrected chi connectivity index (χ4v) is 3.18. The molecule has 1 amide bonds. The van der Waals surface area contributed by atoms with Gasteiger partial charge in [0.2, 0.25) is 5.91 Å². The topological polar surface area (TPSA) is 45.5 Å². The predicted molar refractivity (Wildman–Crippen MR) is 85.3 cm³/mol. The monoisotopic (exact) mass is 298 g/mol. The summed E-state index contributed by atoms with van der Waals surface area (Å²) in [5, 5.41) is 2.90. The molecule has 1 aliphatic carbocycles. The summed E-state index contributed by atoms with van der Waals surface area (Å²) < 4.78 is 5.22. The van der Waals surface area contributed by atoms with E-state index in [1.54, 1.807) is 6.26 Å². The molecule has 0 unspecified atom stereocenters. The Morgan fingerprint density at radius 1 is 1.32 bits per heavy atom. The molecule has 0 saturated carbocycles. The van der Waals surface area contributed by atoms with Crippen LogP contribution in [-0.4, -0.2) is 24.4 Å². The Hall–Kier alpha value is -2.07. The Balaban J connectivity index is 1.58. The number of benzene rings is 1. The van der Waals surface area contributed by atoms with Crippen molar-refractivity contribution in [2.24, 2.45) is 0 Å². The second kappa shape index (κ2) is 6.79. The lowest BCUT2D eigenvalue weighted by Crippen LogP contribution is -2.37. The third kappa shape index (κ3) is 3.39. The van der Waals surface area contributed by atoms with E-state index in [0.29, 0.717) is 19.1 Å². The first kappa shape index (κ1) is 14.9. The van der Waals surface area contributed by atoms with Crippen LogP contribution in [0.4, 0.5) is 0 Å². The maximum absolute atomic E-state index is 12.1. The maximum atomic E-state index is 12.1. The van der Waals surface area contributed by atoms with E-state index in [4.69, 9.17) is 4.42 Å². The van der Waals surface area contributed by atoms with Crippen LogP contribution in [-0.2, 0) is 17.8 Å². The second-order valence-corrected chi connectivity index (χ2v) is 5.88. The highest BCUT2D eigenvalue weighted by Gasteiger charge is 2.24. The average molecular weight is 298 g/mol. The third-order valence-electron chi connectivity index (χ3n) is 4.30. The number of hydrogen-bond donors (Lipinski definition) is 1. The van der Waals surface area contributed by atoms with E-state index in [-0.39, 0.29) is 5.91 Å². The zero-order valence-corrected chi connectivity index (χ0v) is 12.9. The number of nitrogens with one attached hydrogen (secondary N) is 1. The van der Waals surface area contributed by atoms with Gasteiger partial charge in [0.05, 0.1) is 19.4 Å². The lowest BCUT2D eigenvalue weighted by molar-refractivity contribution is -0.122. The van der Waals surface area contributed by atoms with Gasteiger partial charge in [0.25, 0.3) is 0 Å². The number of fused-ring (bicyclic) bond motifs is 1. The van der Waals surface area contributed by atoms with Crippen molar-refractivity contribution in [3.63, 3.8) is 0 Å². The maximum Gasteiger partial charge on any atom is 0.234 e. The smallest absolute Gasteiger partial charge is 0.234 e. The van der Waals surface area contributed by atoms with Gasteiger partial charge in [0, 0.05) is 6.04 Å². The van der Waals surface area contributed by atoms with Gasteiger partial charge in [0.15, 0.2) is 0 Å². The number of furan rings is 1. The molecule has 0 aliphatic heterocycles. The molecule has 1 N–H and O–H groups in total. The molecule has 3 rings (SSSR count). The van der Waals surface area contributed by atoms with Crippen LogP contribution in [0.5, 0.6) is 0 Å². The van der Waals surface area contributed by atoms with E-state index < -0.39 is 0 Å². The fourth-order valence-electron chi connectivity index (χ4n) is 3.18. The van der Waals surface area contributed by atoms with Crippen molar-refractivity contribution in [2.45, 2.75) is 31.8 Å². The number of hydrogen-bond acceptors (Lipinski definition) is 3. The summed E-state index contributed by atoms with van der Waals surface area (Å²) >= 11 is 0. The van der Waals surface area contributed by atoms with Gasteiger partial charge in [0.1, 0.15) is 5.76 Å². The summed E-state index contributed by atoms with van der Waals surface area (Å²) in [4.78, 5) is 14.3. The van der Waals surface area contributed by atoms with Crippen molar-refractivity contribution in [1.82, 2.24) is 10.2 Å². The number of amides is 1. The van der Waals surface area contributed by atoms with Crippen molar-refractivity contribution in [3.05, 3.63) is 59.5 Å². The second-order valence-electron chi connectivity index (χ2n) is 5.88. The van der Waals surface area contributed by atoms with Crippen LogP contribution < -0.4 is 5.32 Å². The van der Waals surface area contributed by atoms with E-state index in [0.717, 1.165) is 18.6 Å². The molecule has 1 aliphatic rings. The fraction of sp³-hybridized carbons (Fsp3) is 0.389. The molecule has 1 heterocycles. The molecule has 1 aromatic carbocycles. The van der Waals surface area contributed by atoms with Crippen LogP contribution >= 0.6 is 0 Å². The van der Waals surface area contributed by atoms with Crippen molar-refractivity contribution < 1.29 is 9.21 Å². The average Bonchev–Trinajstić information content (AvgIpc) is 3.06. The van der Waals surface area contributed by atoms with Crippen LogP contribution in [0.15, 0.2) is 47.1 Å². The molecule has 0 radical (unpaired) electrons. The van der Waals surface area contributed by atoms with Gasteiger partial charge in [-0.05, 0) is 49.6 Å².